The molecule has 0 bridgehead atoms. The second-order valence-electron chi connectivity index (χ2n) is 4.27. The Kier molecular flexibility index (Phi) is 9.20. The molecule has 0 radical (unpaired) electrons. The second-order valence-corrected chi connectivity index (χ2v) is 4.27. The average Bonchev–Trinajstić information content (AvgIpc) is 2.42. The molecule has 5 nitrogen and oxygen atoms in total. The van der Waals surface area contributed by atoms with E-state index in [9.17, 15) is 9.59 Å². The zero-order valence-electron chi connectivity index (χ0n) is 11.6. The van der Waals surface area contributed by atoms with Crippen LogP contribution in [0.5, 0.6) is 0 Å². The lowest BCUT2D eigenvalue weighted by molar-refractivity contribution is -0.140. The molecule has 0 heterocycles. The van der Waals surface area contributed by atoms with Crippen LogP contribution in [0.4, 0.5) is 5.69 Å². The normalized spacial score (nSPS) is 9.45. The number of hydrogen-bond acceptors (Lipinski definition) is 4. The minimum Gasteiger partial charge on any atom is -0.469 e. The predicted octanol–water partition coefficient (Wildman–Crippen LogP) is 2.15. The van der Waals surface area contributed by atoms with Gasteiger partial charge in [0.15, 0.2) is 0 Å². The number of nitrogens with one attached hydrogen (secondary N) is 1. The number of esters is 1. The standard InChI is InChI=1S/C14H20N2O3.ClH/c1-19-13(17)8-3-2-4-9-16-14(18)11-6-5-7-12(15)10-11;/h5-7,10H,2-4,8-9,15H2,1H3,(H,16,18);1H. The van der Waals surface area contributed by atoms with Gasteiger partial charge in [-0.2, -0.15) is 0 Å². The van der Waals surface area contributed by atoms with Crippen molar-refractivity contribution in [1.29, 1.82) is 0 Å². The molecule has 1 aromatic rings. The van der Waals surface area contributed by atoms with E-state index >= 15 is 0 Å². The summed E-state index contributed by atoms with van der Waals surface area (Å²) in [4.78, 5) is 22.6. The van der Waals surface area contributed by atoms with Gasteiger partial charge in [-0.15, -0.1) is 12.4 Å². The summed E-state index contributed by atoms with van der Waals surface area (Å²) in [6.45, 7) is 0.592. The number of nitrogens with two attached hydrogens (primary N) is 1. The van der Waals surface area contributed by atoms with Gasteiger partial charge in [0, 0.05) is 24.2 Å². The molecule has 1 amide bonds. The molecule has 0 saturated carbocycles. The topological polar surface area (TPSA) is 81.4 Å². The number of unbranched alkanes of at least 4 members (excludes halogenated alkanes) is 2. The number of halogens is 1. The van der Waals surface area contributed by atoms with Gasteiger partial charge in [-0.3, -0.25) is 9.59 Å². The molecule has 0 unspecified atom stereocenters. The molecule has 0 saturated heterocycles. The van der Waals surface area contributed by atoms with Crippen molar-refractivity contribution < 1.29 is 14.3 Å². The van der Waals surface area contributed by atoms with Gasteiger partial charge in [-0.1, -0.05) is 12.5 Å². The Morgan fingerprint density at radius 2 is 2.00 bits per heavy atom. The highest BCUT2D eigenvalue weighted by atomic mass is 35.5. The lowest BCUT2D eigenvalue weighted by Crippen LogP contribution is -2.24. The SMILES string of the molecule is COC(=O)CCCCCNC(=O)c1cccc(N)c1.Cl. The van der Waals surface area contributed by atoms with Gasteiger partial charge in [0.1, 0.15) is 0 Å². The Hall–Kier alpha value is -1.75. The van der Waals surface area contributed by atoms with Crippen LogP contribution in [-0.2, 0) is 9.53 Å². The highest BCUT2D eigenvalue weighted by Crippen LogP contribution is 2.06. The smallest absolute Gasteiger partial charge is 0.305 e. The monoisotopic (exact) mass is 300 g/mol. The van der Waals surface area contributed by atoms with Gasteiger partial charge in [0.2, 0.25) is 0 Å². The maximum atomic E-state index is 11.7. The molecule has 0 fully saturated rings. The fourth-order valence-corrected chi connectivity index (χ4v) is 1.66. The van der Waals surface area contributed by atoms with E-state index in [1.807, 2.05) is 0 Å². The molecule has 0 spiro atoms. The van der Waals surface area contributed by atoms with Crippen LogP contribution in [0.3, 0.4) is 0 Å². The Bertz CT molecular complexity index is 438. The van der Waals surface area contributed by atoms with E-state index in [-0.39, 0.29) is 24.3 Å². The number of rotatable bonds is 7. The summed E-state index contributed by atoms with van der Waals surface area (Å²) < 4.78 is 4.54. The van der Waals surface area contributed by atoms with Crippen LogP contribution in [-0.4, -0.2) is 25.5 Å². The molecule has 0 aliphatic rings. The molecular formula is C14H21ClN2O3. The van der Waals surface area contributed by atoms with Crippen LogP contribution in [0, 0.1) is 0 Å². The molecule has 20 heavy (non-hydrogen) atoms. The van der Waals surface area contributed by atoms with E-state index in [0.29, 0.717) is 24.2 Å². The summed E-state index contributed by atoms with van der Waals surface area (Å²) in [7, 11) is 1.38. The molecule has 0 atom stereocenters. The summed E-state index contributed by atoms with van der Waals surface area (Å²) in [5, 5.41) is 2.82. The van der Waals surface area contributed by atoms with E-state index in [4.69, 9.17) is 5.73 Å². The Labute approximate surface area is 125 Å². The summed E-state index contributed by atoms with van der Waals surface area (Å²) in [5.74, 6) is -0.316. The fourth-order valence-electron chi connectivity index (χ4n) is 1.66. The Morgan fingerprint density at radius 1 is 1.25 bits per heavy atom. The third-order valence-corrected chi connectivity index (χ3v) is 2.72. The summed E-state index contributed by atoms with van der Waals surface area (Å²) in [6.07, 6.45) is 2.93. The highest BCUT2D eigenvalue weighted by molar-refractivity contribution is 5.94. The van der Waals surface area contributed by atoms with Crippen molar-refractivity contribution in [3.8, 4) is 0 Å². The van der Waals surface area contributed by atoms with Crippen molar-refractivity contribution in [3.05, 3.63) is 29.8 Å². The number of ether oxygens (including phenoxy) is 1. The minimum absolute atomic E-state index is 0. The molecule has 3 N–H and O–H groups in total. The number of anilines is 1. The van der Waals surface area contributed by atoms with Crippen molar-refractivity contribution in [2.75, 3.05) is 19.4 Å². The van der Waals surface area contributed by atoms with Crippen LogP contribution in [0.1, 0.15) is 36.0 Å². The lowest BCUT2D eigenvalue weighted by Gasteiger charge is -2.05. The van der Waals surface area contributed by atoms with Gasteiger partial charge in [-0.05, 0) is 31.0 Å². The molecule has 1 rings (SSSR count). The van der Waals surface area contributed by atoms with Crippen molar-refractivity contribution in [3.63, 3.8) is 0 Å². The minimum atomic E-state index is -0.191. The maximum Gasteiger partial charge on any atom is 0.305 e. The Morgan fingerprint density at radius 3 is 2.65 bits per heavy atom. The van der Waals surface area contributed by atoms with Crippen molar-refractivity contribution in [2.45, 2.75) is 25.7 Å². The largest absolute Gasteiger partial charge is 0.469 e. The third kappa shape index (κ3) is 6.99. The van der Waals surface area contributed by atoms with Gasteiger partial charge in [0.25, 0.3) is 5.91 Å². The zero-order chi connectivity index (χ0) is 14.1. The van der Waals surface area contributed by atoms with E-state index < -0.39 is 0 Å². The number of amides is 1. The molecule has 0 aliphatic heterocycles. The molecule has 6 heteroatoms. The van der Waals surface area contributed by atoms with Gasteiger partial charge < -0.3 is 15.8 Å². The first-order valence-electron chi connectivity index (χ1n) is 6.34. The first-order valence-corrected chi connectivity index (χ1v) is 6.34. The van der Waals surface area contributed by atoms with Gasteiger partial charge in [0.05, 0.1) is 7.11 Å². The van der Waals surface area contributed by atoms with Crippen LogP contribution in [0.15, 0.2) is 24.3 Å². The van der Waals surface area contributed by atoms with Gasteiger partial charge in [-0.25, -0.2) is 0 Å². The van der Waals surface area contributed by atoms with Crippen LogP contribution in [0.2, 0.25) is 0 Å². The summed E-state index contributed by atoms with van der Waals surface area (Å²) in [5.41, 5.74) is 6.75. The molecular weight excluding hydrogens is 280 g/mol. The average molecular weight is 301 g/mol. The van der Waals surface area contributed by atoms with E-state index in [1.165, 1.54) is 7.11 Å². The highest BCUT2D eigenvalue weighted by Gasteiger charge is 2.04. The number of benzene rings is 1. The van der Waals surface area contributed by atoms with E-state index in [2.05, 4.69) is 10.1 Å². The molecule has 0 aliphatic carbocycles. The Balaban J connectivity index is 0.00000361. The van der Waals surface area contributed by atoms with Crippen LogP contribution < -0.4 is 11.1 Å². The summed E-state index contributed by atoms with van der Waals surface area (Å²) in [6, 6.07) is 6.86. The second kappa shape index (κ2) is 10.1. The number of methoxy groups -OCH3 is 1. The number of carbonyl (C=O) groups is 2. The predicted molar refractivity (Wildman–Crippen MR) is 80.9 cm³/mol. The van der Waals surface area contributed by atoms with Gasteiger partial charge >= 0.3 is 5.97 Å². The summed E-state index contributed by atoms with van der Waals surface area (Å²) >= 11 is 0. The number of carbonyl (C=O) groups excluding carboxylic acids is 2. The van der Waals surface area contributed by atoms with Crippen LogP contribution >= 0.6 is 12.4 Å². The first-order chi connectivity index (χ1) is 9.13. The fraction of sp³-hybridized carbons (Fsp3) is 0.429. The van der Waals surface area contributed by atoms with Crippen molar-refractivity contribution >= 4 is 30.0 Å². The zero-order valence-corrected chi connectivity index (χ0v) is 12.4. The molecule has 1 aromatic carbocycles. The van der Waals surface area contributed by atoms with Crippen molar-refractivity contribution in [1.82, 2.24) is 5.32 Å². The first kappa shape index (κ1) is 18.2. The maximum absolute atomic E-state index is 11.7. The van der Waals surface area contributed by atoms with Crippen molar-refractivity contribution in [2.24, 2.45) is 0 Å². The quantitative estimate of drug-likeness (QED) is 0.459. The third-order valence-electron chi connectivity index (χ3n) is 2.72. The van der Waals surface area contributed by atoms with E-state index in [0.717, 1.165) is 19.3 Å². The number of hydrogen-bond donors (Lipinski definition) is 2. The molecule has 112 valence electrons. The number of nitrogen functional groups attached to an aromatic ring is 1. The van der Waals surface area contributed by atoms with E-state index in [1.54, 1.807) is 24.3 Å². The lowest BCUT2D eigenvalue weighted by atomic mass is 10.1. The van der Waals surface area contributed by atoms with Crippen LogP contribution in [0.25, 0.3) is 0 Å². The molecule has 0 aromatic heterocycles.